The number of halogens is 2. The maximum absolute atomic E-state index is 3.41. The highest BCUT2D eigenvalue weighted by atomic mass is 79.9. The molecule has 13 heavy (non-hydrogen) atoms. The zero-order chi connectivity index (χ0) is 9.52. The lowest BCUT2D eigenvalue weighted by Gasteiger charge is -1.95. The van der Waals surface area contributed by atoms with Gasteiger partial charge in [0.05, 0.1) is 0 Å². The third kappa shape index (κ3) is 4.63. The molecule has 0 N–H and O–H groups in total. The molecule has 0 aliphatic rings. The fourth-order valence-corrected chi connectivity index (χ4v) is 1.55. The van der Waals surface area contributed by atoms with E-state index in [9.17, 15) is 0 Å². The van der Waals surface area contributed by atoms with E-state index in [1.54, 1.807) is 0 Å². The molecule has 0 saturated heterocycles. The molecule has 1 aromatic rings. The Hall–Kier alpha value is -0.0800. The molecular formula is C11H12Br2. The molecule has 2 heteroatoms. The highest BCUT2D eigenvalue weighted by molar-refractivity contribution is 9.10. The van der Waals surface area contributed by atoms with Crippen LogP contribution in [0.15, 0.2) is 40.9 Å². The highest BCUT2D eigenvalue weighted by Gasteiger charge is 1.88. The maximum Gasteiger partial charge on any atom is 0.0175 e. The molecule has 0 unspecified atom stereocenters. The van der Waals surface area contributed by atoms with E-state index in [1.165, 1.54) is 5.56 Å². The summed E-state index contributed by atoms with van der Waals surface area (Å²) in [6.07, 6.45) is 6.55. The van der Waals surface area contributed by atoms with Gasteiger partial charge in [0.2, 0.25) is 0 Å². The van der Waals surface area contributed by atoms with Gasteiger partial charge in [-0.05, 0) is 30.5 Å². The van der Waals surface area contributed by atoms with Gasteiger partial charge in [0.1, 0.15) is 0 Å². The minimum Gasteiger partial charge on any atom is -0.0925 e. The van der Waals surface area contributed by atoms with Crippen LogP contribution in [-0.2, 0) is 6.42 Å². The average Bonchev–Trinajstić information content (AvgIpc) is 2.15. The summed E-state index contributed by atoms with van der Waals surface area (Å²) in [7, 11) is 0. The smallest absolute Gasteiger partial charge is 0.0175 e. The molecule has 1 rings (SSSR count). The first-order valence-electron chi connectivity index (χ1n) is 4.28. The monoisotopic (exact) mass is 302 g/mol. The summed E-state index contributed by atoms with van der Waals surface area (Å²) in [5, 5.41) is 1.05. The summed E-state index contributed by atoms with van der Waals surface area (Å²) in [6.45, 7) is 0. The standard InChI is InChI=1S/C11H12Br2/c12-9-3-1-2-4-10-5-7-11(13)8-6-10/h1-2,5-8H,3-4,9H2. The molecule has 0 spiro atoms. The van der Waals surface area contributed by atoms with E-state index in [2.05, 4.69) is 68.3 Å². The Kier molecular flexibility index (Phi) is 5.40. The topological polar surface area (TPSA) is 0 Å². The van der Waals surface area contributed by atoms with E-state index in [1.807, 2.05) is 0 Å². The SMILES string of the molecule is BrCCC=CCc1ccc(Br)cc1. The quantitative estimate of drug-likeness (QED) is 0.573. The number of hydrogen-bond acceptors (Lipinski definition) is 0. The van der Waals surface area contributed by atoms with Crippen LogP contribution < -0.4 is 0 Å². The van der Waals surface area contributed by atoms with Gasteiger partial charge in [-0.2, -0.15) is 0 Å². The Bertz CT molecular complexity index is 262. The van der Waals surface area contributed by atoms with Gasteiger partial charge in [0, 0.05) is 9.80 Å². The Morgan fingerprint density at radius 2 is 1.77 bits per heavy atom. The zero-order valence-corrected chi connectivity index (χ0v) is 10.5. The number of rotatable bonds is 4. The van der Waals surface area contributed by atoms with Crippen molar-refractivity contribution < 1.29 is 0 Å². The molecule has 0 heterocycles. The molecule has 0 atom stereocenters. The van der Waals surface area contributed by atoms with Gasteiger partial charge in [-0.1, -0.05) is 56.1 Å². The second kappa shape index (κ2) is 6.39. The van der Waals surface area contributed by atoms with E-state index >= 15 is 0 Å². The van der Waals surface area contributed by atoms with E-state index < -0.39 is 0 Å². The molecule has 0 aliphatic carbocycles. The van der Waals surface area contributed by atoms with Crippen molar-refractivity contribution in [1.29, 1.82) is 0 Å². The molecule has 1 aromatic carbocycles. The number of alkyl halides is 1. The van der Waals surface area contributed by atoms with E-state index in [-0.39, 0.29) is 0 Å². The van der Waals surface area contributed by atoms with Crippen molar-refractivity contribution in [2.45, 2.75) is 12.8 Å². The van der Waals surface area contributed by atoms with E-state index in [0.717, 1.165) is 22.6 Å². The van der Waals surface area contributed by atoms with Crippen molar-refractivity contribution in [2.24, 2.45) is 0 Å². The highest BCUT2D eigenvalue weighted by Crippen LogP contribution is 2.11. The van der Waals surface area contributed by atoms with E-state index in [4.69, 9.17) is 0 Å². The minimum absolute atomic E-state index is 1.03. The first kappa shape index (κ1) is 11.0. The lowest BCUT2D eigenvalue weighted by Crippen LogP contribution is -1.79. The number of hydrogen-bond donors (Lipinski definition) is 0. The van der Waals surface area contributed by atoms with Crippen LogP contribution in [0.25, 0.3) is 0 Å². The Morgan fingerprint density at radius 1 is 1.08 bits per heavy atom. The van der Waals surface area contributed by atoms with Gasteiger partial charge in [-0.25, -0.2) is 0 Å². The van der Waals surface area contributed by atoms with Crippen LogP contribution in [0, 0.1) is 0 Å². The summed E-state index contributed by atoms with van der Waals surface area (Å²) < 4.78 is 1.14. The lowest BCUT2D eigenvalue weighted by atomic mass is 10.1. The summed E-state index contributed by atoms with van der Waals surface area (Å²) in [5.41, 5.74) is 1.36. The van der Waals surface area contributed by atoms with Gasteiger partial charge < -0.3 is 0 Å². The predicted molar refractivity (Wildman–Crippen MR) is 65.4 cm³/mol. The molecule has 0 fully saturated rings. The molecule has 0 bridgehead atoms. The van der Waals surface area contributed by atoms with Gasteiger partial charge >= 0.3 is 0 Å². The zero-order valence-electron chi connectivity index (χ0n) is 7.34. The average molecular weight is 304 g/mol. The van der Waals surface area contributed by atoms with Gasteiger partial charge in [-0.3, -0.25) is 0 Å². The Morgan fingerprint density at radius 3 is 2.38 bits per heavy atom. The maximum atomic E-state index is 3.41. The van der Waals surface area contributed by atoms with Gasteiger partial charge in [-0.15, -0.1) is 0 Å². The van der Waals surface area contributed by atoms with Crippen molar-refractivity contribution in [3.05, 3.63) is 46.5 Å². The first-order valence-corrected chi connectivity index (χ1v) is 6.20. The summed E-state index contributed by atoms with van der Waals surface area (Å²) in [5.74, 6) is 0. The predicted octanol–water partition coefficient (Wildman–Crippen LogP) is 4.33. The first-order chi connectivity index (χ1) is 6.33. The van der Waals surface area contributed by atoms with Gasteiger partial charge in [0.15, 0.2) is 0 Å². The summed E-state index contributed by atoms with van der Waals surface area (Å²) >= 11 is 6.80. The largest absolute Gasteiger partial charge is 0.0925 e. The third-order valence-corrected chi connectivity index (χ3v) is 2.70. The molecule has 0 aliphatic heterocycles. The fraction of sp³-hybridized carbons (Fsp3) is 0.273. The Balaban J connectivity index is 2.41. The van der Waals surface area contributed by atoms with Crippen LogP contribution in [-0.4, -0.2) is 5.33 Å². The van der Waals surface area contributed by atoms with Crippen LogP contribution in [0.1, 0.15) is 12.0 Å². The van der Waals surface area contributed by atoms with Crippen LogP contribution >= 0.6 is 31.9 Å². The number of benzene rings is 1. The molecular weight excluding hydrogens is 292 g/mol. The normalized spacial score (nSPS) is 10.9. The molecule has 0 nitrogen and oxygen atoms in total. The minimum atomic E-state index is 1.03. The van der Waals surface area contributed by atoms with Gasteiger partial charge in [0.25, 0.3) is 0 Å². The van der Waals surface area contributed by atoms with Crippen LogP contribution in [0.4, 0.5) is 0 Å². The van der Waals surface area contributed by atoms with Crippen molar-refractivity contribution >= 4 is 31.9 Å². The molecule has 0 saturated carbocycles. The van der Waals surface area contributed by atoms with Crippen LogP contribution in [0.5, 0.6) is 0 Å². The molecule has 0 amide bonds. The second-order valence-corrected chi connectivity index (χ2v) is 4.49. The number of allylic oxidation sites excluding steroid dienone is 2. The summed E-state index contributed by atoms with van der Waals surface area (Å²) in [6, 6.07) is 8.44. The van der Waals surface area contributed by atoms with Crippen molar-refractivity contribution in [1.82, 2.24) is 0 Å². The van der Waals surface area contributed by atoms with E-state index in [0.29, 0.717) is 0 Å². The van der Waals surface area contributed by atoms with Crippen molar-refractivity contribution in [3.8, 4) is 0 Å². The van der Waals surface area contributed by atoms with Crippen LogP contribution in [0.3, 0.4) is 0 Å². The van der Waals surface area contributed by atoms with Crippen molar-refractivity contribution in [3.63, 3.8) is 0 Å². The van der Waals surface area contributed by atoms with Crippen LogP contribution in [0.2, 0.25) is 0 Å². The molecule has 0 radical (unpaired) electrons. The molecule has 70 valence electrons. The fourth-order valence-electron chi connectivity index (χ4n) is 1.02. The molecule has 0 aromatic heterocycles. The van der Waals surface area contributed by atoms with Crippen molar-refractivity contribution in [2.75, 3.05) is 5.33 Å². The Labute approximate surface area is 96.3 Å². The summed E-state index contributed by atoms with van der Waals surface area (Å²) in [4.78, 5) is 0. The second-order valence-electron chi connectivity index (χ2n) is 2.78. The third-order valence-electron chi connectivity index (χ3n) is 1.71. The lowest BCUT2D eigenvalue weighted by molar-refractivity contribution is 1.20.